The van der Waals surface area contributed by atoms with Crippen molar-refractivity contribution in [2.45, 2.75) is 11.8 Å². The second kappa shape index (κ2) is 8.04. The van der Waals surface area contributed by atoms with Crippen LogP contribution in [-0.2, 0) is 19.3 Å². The Morgan fingerprint density at radius 2 is 1.76 bits per heavy atom. The van der Waals surface area contributed by atoms with Gasteiger partial charge in [-0.3, -0.25) is 24.2 Å². The summed E-state index contributed by atoms with van der Waals surface area (Å²) < 4.78 is 13.6. The third-order valence-corrected chi connectivity index (χ3v) is 7.21. The highest BCUT2D eigenvalue weighted by Crippen LogP contribution is 2.56. The first-order valence-corrected chi connectivity index (χ1v) is 11.4. The summed E-state index contributed by atoms with van der Waals surface area (Å²) in [6.45, 7) is 1.68. The minimum absolute atomic E-state index is 0.0978. The number of aryl methyl sites for hydroxylation is 1. The Morgan fingerprint density at radius 1 is 1.03 bits per heavy atom. The zero-order chi connectivity index (χ0) is 23.2. The number of thioether (sulfide) groups is 1. The maximum absolute atomic E-state index is 14.0. The molecule has 5 rings (SSSR count). The van der Waals surface area contributed by atoms with Gasteiger partial charge < -0.3 is 5.32 Å². The van der Waals surface area contributed by atoms with Crippen molar-refractivity contribution in [1.29, 1.82) is 0 Å². The number of fused-ring (bicyclic) bond motifs is 2. The van der Waals surface area contributed by atoms with Crippen molar-refractivity contribution in [2.75, 3.05) is 27.4 Å². The zero-order valence-electron chi connectivity index (χ0n) is 17.7. The number of rotatable bonds is 4. The molecule has 8 heteroatoms. The maximum atomic E-state index is 14.0. The largest absolute Gasteiger partial charge is 0.325 e. The lowest BCUT2D eigenvalue weighted by Crippen LogP contribution is -2.50. The highest BCUT2D eigenvalue weighted by Gasteiger charge is 2.61. The molecule has 0 aromatic heterocycles. The zero-order valence-corrected chi connectivity index (χ0v) is 18.6. The van der Waals surface area contributed by atoms with Crippen LogP contribution >= 0.6 is 11.8 Å². The fourth-order valence-corrected chi connectivity index (χ4v) is 5.80. The quantitative estimate of drug-likeness (QED) is 0.637. The molecule has 0 unspecified atom stereocenters. The van der Waals surface area contributed by atoms with Crippen LogP contribution in [-0.4, -0.2) is 30.0 Å². The number of para-hydroxylation sites is 2. The molecule has 3 amide bonds. The van der Waals surface area contributed by atoms with Gasteiger partial charge in [-0.15, -0.1) is 11.8 Å². The molecule has 2 aliphatic rings. The minimum Gasteiger partial charge on any atom is -0.325 e. The number of hydrogen-bond donors (Lipinski definition) is 1. The number of halogens is 1. The van der Waals surface area contributed by atoms with E-state index in [0.717, 1.165) is 5.56 Å². The Morgan fingerprint density at radius 3 is 2.48 bits per heavy atom. The van der Waals surface area contributed by atoms with Crippen LogP contribution in [0.1, 0.15) is 11.1 Å². The summed E-state index contributed by atoms with van der Waals surface area (Å²) in [5.41, 5.74) is 3.17. The molecule has 2 aliphatic heterocycles. The SMILES string of the molecule is Cc1cccc2c1N(CC(=O)Nc1ccccc1)C(=O)[C@@]21SCC(=O)N1c1ccc(F)cc1. The molecule has 1 N–H and O–H groups in total. The molecule has 0 radical (unpaired) electrons. The molecule has 1 saturated heterocycles. The lowest BCUT2D eigenvalue weighted by Gasteiger charge is -2.33. The van der Waals surface area contributed by atoms with Crippen LogP contribution in [0.3, 0.4) is 0 Å². The van der Waals surface area contributed by atoms with Crippen molar-refractivity contribution in [1.82, 2.24) is 0 Å². The van der Waals surface area contributed by atoms with Crippen molar-refractivity contribution in [2.24, 2.45) is 0 Å². The number of benzene rings is 3. The Hall–Kier alpha value is -3.65. The van der Waals surface area contributed by atoms with Crippen molar-refractivity contribution < 1.29 is 18.8 Å². The Labute approximate surface area is 194 Å². The van der Waals surface area contributed by atoms with Gasteiger partial charge in [0.2, 0.25) is 16.7 Å². The first-order valence-electron chi connectivity index (χ1n) is 10.4. The monoisotopic (exact) mass is 461 g/mol. The molecule has 0 aliphatic carbocycles. The van der Waals surface area contributed by atoms with Crippen molar-refractivity contribution in [3.63, 3.8) is 0 Å². The Balaban J connectivity index is 1.56. The van der Waals surface area contributed by atoms with Gasteiger partial charge in [-0.05, 0) is 48.9 Å². The molecule has 0 bridgehead atoms. The minimum atomic E-state index is -1.34. The van der Waals surface area contributed by atoms with Crippen molar-refractivity contribution >= 4 is 46.5 Å². The molecule has 0 saturated carbocycles. The maximum Gasteiger partial charge on any atom is 0.269 e. The van der Waals surface area contributed by atoms with Crippen LogP contribution in [0.25, 0.3) is 0 Å². The third-order valence-electron chi connectivity index (χ3n) is 5.82. The van der Waals surface area contributed by atoms with E-state index in [9.17, 15) is 18.8 Å². The molecule has 1 atom stereocenters. The summed E-state index contributed by atoms with van der Waals surface area (Å²) in [6, 6.07) is 20.1. The van der Waals surface area contributed by atoms with Crippen LogP contribution in [0.15, 0.2) is 72.8 Å². The molecule has 6 nitrogen and oxygen atoms in total. The molecule has 3 aromatic carbocycles. The average molecular weight is 462 g/mol. The number of carbonyl (C=O) groups excluding carboxylic acids is 3. The summed E-state index contributed by atoms with van der Waals surface area (Å²) in [6.07, 6.45) is 0. The van der Waals surface area contributed by atoms with Crippen molar-refractivity contribution in [3.05, 3.63) is 89.7 Å². The predicted molar refractivity (Wildman–Crippen MR) is 127 cm³/mol. The van der Waals surface area contributed by atoms with E-state index in [0.29, 0.717) is 22.6 Å². The highest BCUT2D eigenvalue weighted by atomic mass is 32.2. The first-order chi connectivity index (χ1) is 15.9. The summed E-state index contributed by atoms with van der Waals surface area (Å²) in [5.74, 6) is -1.29. The summed E-state index contributed by atoms with van der Waals surface area (Å²) in [4.78, 5) is 41.4. The molecular weight excluding hydrogens is 441 g/mol. The van der Waals surface area contributed by atoms with Gasteiger partial charge in [0, 0.05) is 16.9 Å². The molecule has 2 heterocycles. The Bertz CT molecular complexity index is 1270. The van der Waals surface area contributed by atoms with Gasteiger partial charge in [-0.1, -0.05) is 36.4 Å². The van der Waals surface area contributed by atoms with E-state index >= 15 is 0 Å². The fourth-order valence-electron chi connectivity index (χ4n) is 4.45. The Kier molecular flexibility index (Phi) is 5.17. The fraction of sp³-hybridized carbons (Fsp3) is 0.160. The second-order valence-corrected chi connectivity index (χ2v) is 9.08. The van der Waals surface area contributed by atoms with Crippen LogP contribution < -0.4 is 15.1 Å². The van der Waals surface area contributed by atoms with Crippen LogP contribution in [0.4, 0.5) is 21.5 Å². The van der Waals surface area contributed by atoms with Gasteiger partial charge >= 0.3 is 0 Å². The standard InChI is InChI=1S/C25H20FN3O3S/c1-16-6-5-9-20-23(16)28(14-21(30)27-18-7-3-2-4-8-18)24(32)25(20)29(22(31)15-33-25)19-12-10-17(26)11-13-19/h2-13H,14-15H2,1H3,(H,27,30)/t25-/m0/s1. The lowest BCUT2D eigenvalue weighted by molar-refractivity contribution is -0.124. The number of nitrogens with zero attached hydrogens (tertiary/aromatic N) is 2. The number of nitrogens with one attached hydrogen (secondary N) is 1. The van der Waals surface area contributed by atoms with E-state index in [1.54, 1.807) is 12.1 Å². The normalized spacial score (nSPS) is 19.3. The van der Waals surface area contributed by atoms with Gasteiger partial charge in [-0.2, -0.15) is 0 Å². The summed E-state index contributed by atoms with van der Waals surface area (Å²) in [7, 11) is 0. The van der Waals surface area contributed by atoms with E-state index in [1.807, 2.05) is 43.3 Å². The number of anilines is 3. The molecule has 33 heavy (non-hydrogen) atoms. The number of carbonyl (C=O) groups is 3. The molecular formula is C25H20FN3O3S. The van der Waals surface area contributed by atoms with Crippen LogP contribution in [0.2, 0.25) is 0 Å². The molecule has 3 aromatic rings. The first kappa shape index (κ1) is 21.2. The van der Waals surface area contributed by atoms with Gasteiger partial charge in [0.25, 0.3) is 5.91 Å². The smallest absolute Gasteiger partial charge is 0.269 e. The number of hydrogen-bond acceptors (Lipinski definition) is 4. The van der Waals surface area contributed by atoms with E-state index in [-0.39, 0.29) is 30.0 Å². The number of amides is 3. The van der Waals surface area contributed by atoms with Crippen molar-refractivity contribution in [3.8, 4) is 0 Å². The summed E-state index contributed by atoms with van der Waals surface area (Å²) >= 11 is 1.22. The third kappa shape index (κ3) is 3.38. The van der Waals surface area contributed by atoms with Crippen LogP contribution in [0.5, 0.6) is 0 Å². The van der Waals surface area contributed by atoms with Gasteiger partial charge in [0.15, 0.2) is 0 Å². The van der Waals surface area contributed by atoms with Crippen LogP contribution in [0, 0.1) is 12.7 Å². The second-order valence-electron chi connectivity index (χ2n) is 7.91. The highest BCUT2D eigenvalue weighted by molar-refractivity contribution is 8.02. The van der Waals surface area contributed by atoms with E-state index in [2.05, 4.69) is 5.32 Å². The van der Waals surface area contributed by atoms with E-state index in [1.165, 1.54) is 45.8 Å². The molecule has 1 spiro atoms. The van der Waals surface area contributed by atoms with Gasteiger partial charge in [0.05, 0.1) is 11.4 Å². The molecule has 166 valence electrons. The molecule has 1 fully saturated rings. The van der Waals surface area contributed by atoms with Gasteiger partial charge in [0.1, 0.15) is 12.4 Å². The van der Waals surface area contributed by atoms with E-state index < -0.39 is 10.7 Å². The van der Waals surface area contributed by atoms with E-state index in [4.69, 9.17) is 0 Å². The topological polar surface area (TPSA) is 69.7 Å². The predicted octanol–water partition coefficient (Wildman–Crippen LogP) is 4.05. The average Bonchev–Trinajstić information content (AvgIpc) is 3.27. The summed E-state index contributed by atoms with van der Waals surface area (Å²) in [5, 5.41) is 2.81. The lowest BCUT2D eigenvalue weighted by atomic mass is 10.0. The van der Waals surface area contributed by atoms with Gasteiger partial charge in [-0.25, -0.2) is 4.39 Å².